The Hall–Kier alpha value is -2.37. The lowest BCUT2D eigenvalue weighted by molar-refractivity contribution is 0.408. The van der Waals surface area contributed by atoms with Gasteiger partial charge in [-0.1, -0.05) is 19.0 Å². The molecule has 0 fully saturated rings. The second-order valence-electron chi connectivity index (χ2n) is 4.81. The van der Waals surface area contributed by atoms with Gasteiger partial charge in [0.2, 0.25) is 6.39 Å². The molecule has 6 nitrogen and oxygen atoms in total. The number of nitrogens with zero attached hydrogens (tertiary/aromatic N) is 4. The monoisotopic (exact) mass is 257 g/mol. The number of rotatable bonds is 3. The maximum absolute atomic E-state index is 5.81. The fourth-order valence-electron chi connectivity index (χ4n) is 2.18. The van der Waals surface area contributed by atoms with E-state index in [-0.39, 0.29) is 0 Å². The summed E-state index contributed by atoms with van der Waals surface area (Å²) in [7, 11) is 0. The normalized spacial score (nSPS) is 11.5. The molecular weight excluding hydrogens is 242 g/mol. The van der Waals surface area contributed by atoms with Crippen molar-refractivity contribution in [1.29, 1.82) is 0 Å². The Balaban J connectivity index is 2.16. The molecule has 0 atom stereocenters. The Kier molecular flexibility index (Phi) is 2.70. The van der Waals surface area contributed by atoms with Crippen LogP contribution in [0.3, 0.4) is 0 Å². The molecule has 19 heavy (non-hydrogen) atoms. The molecule has 0 saturated heterocycles. The van der Waals surface area contributed by atoms with Gasteiger partial charge < -0.3 is 14.8 Å². The van der Waals surface area contributed by atoms with Crippen LogP contribution < -0.4 is 5.73 Å². The van der Waals surface area contributed by atoms with Crippen molar-refractivity contribution in [2.75, 3.05) is 5.73 Å². The summed E-state index contributed by atoms with van der Waals surface area (Å²) in [4.78, 5) is 8.72. The Bertz CT molecular complexity index is 699. The summed E-state index contributed by atoms with van der Waals surface area (Å²) in [6, 6.07) is 5.73. The molecule has 0 saturated carbocycles. The zero-order valence-corrected chi connectivity index (χ0v) is 10.9. The smallest absolute Gasteiger partial charge is 0.213 e. The average molecular weight is 257 g/mol. The minimum Gasteiger partial charge on any atom is -0.399 e. The minimum absolute atomic E-state index is 0.306. The molecule has 2 heterocycles. The molecule has 0 unspecified atom stereocenters. The third kappa shape index (κ3) is 2.05. The molecule has 6 heteroatoms. The van der Waals surface area contributed by atoms with Crippen molar-refractivity contribution < 1.29 is 4.52 Å². The van der Waals surface area contributed by atoms with Crippen LogP contribution in [-0.2, 0) is 6.54 Å². The maximum Gasteiger partial charge on any atom is 0.213 e. The molecule has 0 radical (unpaired) electrons. The first kappa shape index (κ1) is 11.7. The highest BCUT2D eigenvalue weighted by Gasteiger charge is 2.15. The van der Waals surface area contributed by atoms with Crippen LogP contribution >= 0.6 is 0 Å². The number of fused-ring (bicyclic) bond motifs is 1. The zero-order chi connectivity index (χ0) is 13.4. The quantitative estimate of drug-likeness (QED) is 0.727. The van der Waals surface area contributed by atoms with Crippen LogP contribution in [0.15, 0.2) is 29.1 Å². The summed E-state index contributed by atoms with van der Waals surface area (Å²) in [6.45, 7) is 4.76. The summed E-state index contributed by atoms with van der Waals surface area (Å²) >= 11 is 0. The first-order valence-electron chi connectivity index (χ1n) is 6.16. The van der Waals surface area contributed by atoms with Gasteiger partial charge in [0, 0.05) is 11.6 Å². The molecule has 1 aromatic carbocycles. The zero-order valence-electron chi connectivity index (χ0n) is 10.9. The third-order valence-corrected chi connectivity index (χ3v) is 3.02. The Morgan fingerprint density at radius 2 is 2.21 bits per heavy atom. The van der Waals surface area contributed by atoms with E-state index in [1.54, 1.807) is 0 Å². The van der Waals surface area contributed by atoms with Gasteiger partial charge in [0.1, 0.15) is 5.82 Å². The Morgan fingerprint density at radius 1 is 1.37 bits per heavy atom. The van der Waals surface area contributed by atoms with Crippen LogP contribution in [0.4, 0.5) is 5.69 Å². The van der Waals surface area contributed by atoms with E-state index in [0.29, 0.717) is 24.0 Å². The molecule has 0 aliphatic heterocycles. The molecule has 0 aliphatic carbocycles. The number of anilines is 1. The summed E-state index contributed by atoms with van der Waals surface area (Å²) < 4.78 is 6.88. The van der Waals surface area contributed by atoms with Crippen molar-refractivity contribution in [3.63, 3.8) is 0 Å². The summed E-state index contributed by atoms with van der Waals surface area (Å²) in [5.74, 6) is 1.93. The van der Waals surface area contributed by atoms with Crippen LogP contribution in [0, 0.1) is 0 Å². The molecule has 0 bridgehead atoms. The van der Waals surface area contributed by atoms with E-state index in [2.05, 4.69) is 33.5 Å². The van der Waals surface area contributed by atoms with Crippen molar-refractivity contribution in [1.82, 2.24) is 19.7 Å². The number of nitrogen functional groups attached to an aromatic ring is 1. The van der Waals surface area contributed by atoms with Crippen LogP contribution in [0.5, 0.6) is 0 Å². The first-order valence-corrected chi connectivity index (χ1v) is 6.16. The van der Waals surface area contributed by atoms with E-state index in [1.165, 1.54) is 6.39 Å². The minimum atomic E-state index is 0.306. The summed E-state index contributed by atoms with van der Waals surface area (Å²) in [5, 5.41) is 3.86. The molecule has 0 aliphatic rings. The number of hydrogen-bond acceptors (Lipinski definition) is 5. The standard InChI is InChI=1S/C13H15N5O/c1-8(2)13-16-10-5-9(14)3-4-11(10)18(13)6-12-15-7-19-17-12/h3-5,7-8H,6,14H2,1-2H3. The van der Waals surface area contributed by atoms with Gasteiger partial charge in [-0.25, -0.2) is 4.98 Å². The molecule has 0 amide bonds. The number of nitrogens with two attached hydrogens (primary N) is 1. The average Bonchev–Trinajstić information content (AvgIpc) is 2.97. The van der Waals surface area contributed by atoms with Crippen LogP contribution in [0.1, 0.15) is 31.4 Å². The van der Waals surface area contributed by atoms with Crippen molar-refractivity contribution in [3.8, 4) is 0 Å². The van der Waals surface area contributed by atoms with Crippen LogP contribution in [-0.4, -0.2) is 19.7 Å². The lowest BCUT2D eigenvalue weighted by Gasteiger charge is -2.09. The van der Waals surface area contributed by atoms with Gasteiger partial charge in [0.25, 0.3) is 0 Å². The number of aromatic nitrogens is 4. The lowest BCUT2D eigenvalue weighted by Crippen LogP contribution is -2.07. The molecule has 3 aromatic rings. The van der Waals surface area contributed by atoms with E-state index < -0.39 is 0 Å². The van der Waals surface area contributed by atoms with E-state index in [4.69, 9.17) is 10.3 Å². The summed E-state index contributed by atoms with van der Waals surface area (Å²) in [5.41, 5.74) is 8.45. The van der Waals surface area contributed by atoms with Crippen LogP contribution in [0.2, 0.25) is 0 Å². The largest absolute Gasteiger partial charge is 0.399 e. The van der Waals surface area contributed by atoms with Gasteiger partial charge in [0.15, 0.2) is 5.82 Å². The van der Waals surface area contributed by atoms with Crippen molar-refractivity contribution in [3.05, 3.63) is 36.2 Å². The van der Waals surface area contributed by atoms with Gasteiger partial charge in [-0.05, 0) is 18.2 Å². The molecule has 2 N–H and O–H groups in total. The topological polar surface area (TPSA) is 82.8 Å². The van der Waals surface area contributed by atoms with Crippen molar-refractivity contribution in [2.24, 2.45) is 0 Å². The predicted molar refractivity (Wildman–Crippen MR) is 71.6 cm³/mol. The highest BCUT2D eigenvalue weighted by molar-refractivity contribution is 5.79. The molecule has 0 spiro atoms. The van der Waals surface area contributed by atoms with Crippen molar-refractivity contribution >= 4 is 16.7 Å². The highest BCUT2D eigenvalue weighted by atomic mass is 16.5. The number of imidazole rings is 1. The van der Waals surface area contributed by atoms with Crippen LogP contribution in [0.25, 0.3) is 11.0 Å². The van der Waals surface area contributed by atoms with E-state index >= 15 is 0 Å². The molecular formula is C13H15N5O. The second kappa shape index (κ2) is 4.38. The van der Waals surface area contributed by atoms with E-state index in [0.717, 1.165) is 16.9 Å². The molecule has 98 valence electrons. The fraction of sp³-hybridized carbons (Fsp3) is 0.308. The van der Waals surface area contributed by atoms with Gasteiger partial charge in [0.05, 0.1) is 17.6 Å². The maximum atomic E-state index is 5.81. The molecule has 2 aromatic heterocycles. The fourth-order valence-corrected chi connectivity index (χ4v) is 2.18. The molecule has 3 rings (SSSR count). The first-order chi connectivity index (χ1) is 9.15. The number of hydrogen-bond donors (Lipinski definition) is 1. The van der Waals surface area contributed by atoms with Gasteiger partial charge in [-0.2, -0.15) is 4.98 Å². The third-order valence-electron chi connectivity index (χ3n) is 3.02. The lowest BCUT2D eigenvalue weighted by atomic mass is 10.2. The Labute approximate surface area is 110 Å². The van der Waals surface area contributed by atoms with E-state index in [1.807, 2.05) is 18.2 Å². The SMILES string of the molecule is CC(C)c1nc2cc(N)ccc2n1Cc1ncon1. The predicted octanol–water partition coefficient (Wildman–Crippen LogP) is 2.17. The highest BCUT2D eigenvalue weighted by Crippen LogP contribution is 2.24. The van der Waals surface area contributed by atoms with Gasteiger partial charge in [-0.15, -0.1) is 0 Å². The summed E-state index contributed by atoms with van der Waals surface area (Å²) in [6.07, 6.45) is 1.33. The van der Waals surface area contributed by atoms with Crippen molar-refractivity contribution in [2.45, 2.75) is 26.3 Å². The second-order valence-corrected chi connectivity index (χ2v) is 4.81. The van der Waals surface area contributed by atoms with E-state index in [9.17, 15) is 0 Å². The van der Waals surface area contributed by atoms with Gasteiger partial charge in [-0.3, -0.25) is 0 Å². The van der Waals surface area contributed by atoms with Gasteiger partial charge >= 0.3 is 0 Å². The Morgan fingerprint density at radius 3 is 2.89 bits per heavy atom. The number of benzene rings is 1.